The zero-order valence-corrected chi connectivity index (χ0v) is 9.64. The highest BCUT2D eigenvalue weighted by atomic mass is 32.1. The molecule has 0 aliphatic heterocycles. The molecule has 0 radical (unpaired) electrons. The molecule has 3 nitrogen and oxygen atoms in total. The molecule has 0 aromatic carbocycles. The van der Waals surface area contributed by atoms with Gasteiger partial charge < -0.3 is 9.67 Å². The van der Waals surface area contributed by atoms with Gasteiger partial charge in [0.05, 0.1) is 11.5 Å². The molecule has 0 aliphatic carbocycles. The van der Waals surface area contributed by atoms with Gasteiger partial charge in [0.25, 0.3) is 0 Å². The lowest BCUT2D eigenvalue weighted by Crippen LogP contribution is -2.04. The van der Waals surface area contributed by atoms with Crippen LogP contribution in [0.1, 0.15) is 10.6 Å². The molecule has 2 aromatic rings. The summed E-state index contributed by atoms with van der Waals surface area (Å²) in [7, 11) is 1.51. The minimum atomic E-state index is -4.44. The second kappa shape index (κ2) is 4.15. The van der Waals surface area contributed by atoms with E-state index in [0.717, 1.165) is 6.20 Å². The van der Waals surface area contributed by atoms with Gasteiger partial charge in [0.1, 0.15) is 5.82 Å². The van der Waals surface area contributed by atoms with Crippen molar-refractivity contribution >= 4 is 11.3 Å². The van der Waals surface area contributed by atoms with E-state index in [0.29, 0.717) is 9.75 Å². The highest BCUT2D eigenvalue weighted by molar-refractivity contribution is 7.15. The van der Waals surface area contributed by atoms with E-state index in [1.807, 2.05) is 0 Å². The van der Waals surface area contributed by atoms with Gasteiger partial charge in [-0.3, -0.25) is 0 Å². The SMILES string of the molecule is Cn1cc(C(F)(F)F)nc1-c1ccc(CO)s1. The minimum absolute atomic E-state index is 0.124. The Balaban J connectivity index is 2.42. The van der Waals surface area contributed by atoms with Crippen molar-refractivity contribution < 1.29 is 18.3 Å². The number of hydrogen-bond acceptors (Lipinski definition) is 3. The summed E-state index contributed by atoms with van der Waals surface area (Å²) >= 11 is 1.22. The van der Waals surface area contributed by atoms with Crippen LogP contribution in [0.15, 0.2) is 18.3 Å². The van der Waals surface area contributed by atoms with Gasteiger partial charge in [0.2, 0.25) is 0 Å². The van der Waals surface area contributed by atoms with E-state index >= 15 is 0 Å². The molecule has 0 aliphatic rings. The Bertz CT molecular complexity index is 530. The fourth-order valence-corrected chi connectivity index (χ4v) is 2.32. The summed E-state index contributed by atoms with van der Waals surface area (Å²) in [6, 6.07) is 3.32. The number of halogens is 3. The molecule has 0 amide bonds. The maximum Gasteiger partial charge on any atom is 0.434 e. The van der Waals surface area contributed by atoms with E-state index in [9.17, 15) is 13.2 Å². The number of aliphatic hydroxyl groups excluding tert-OH is 1. The number of aryl methyl sites for hydroxylation is 1. The smallest absolute Gasteiger partial charge is 0.391 e. The normalized spacial score (nSPS) is 12.1. The molecular weight excluding hydrogens is 253 g/mol. The van der Waals surface area contributed by atoms with Crippen molar-refractivity contribution in [3.8, 4) is 10.7 Å². The summed E-state index contributed by atoms with van der Waals surface area (Å²) in [6.45, 7) is -0.124. The third-order valence-corrected chi connectivity index (χ3v) is 3.27. The molecule has 1 N–H and O–H groups in total. The number of rotatable bonds is 2. The molecular formula is C10H9F3N2OS. The average molecular weight is 262 g/mol. The Morgan fingerprint density at radius 1 is 1.41 bits per heavy atom. The number of aromatic nitrogens is 2. The van der Waals surface area contributed by atoms with Crippen LogP contribution in [-0.4, -0.2) is 14.7 Å². The summed E-state index contributed by atoms with van der Waals surface area (Å²) in [6.07, 6.45) is -3.49. The molecule has 2 aromatic heterocycles. The Labute approximate surface area is 99.2 Å². The number of hydrogen-bond donors (Lipinski definition) is 1. The van der Waals surface area contributed by atoms with Crippen LogP contribution in [-0.2, 0) is 19.8 Å². The van der Waals surface area contributed by atoms with Crippen LogP contribution < -0.4 is 0 Å². The van der Waals surface area contributed by atoms with Gasteiger partial charge >= 0.3 is 6.18 Å². The van der Waals surface area contributed by atoms with Crippen molar-refractivity contribution in [3.63, 3.8) is 0 Å². The number of alkyl halides is 3. The standard InChI is InChI=1S/C10H9F3N2OS/c1-15-4-8(10(11,12)13)14-9(15)7-3-2-6(5-16)17-7/h2-4,16H,5H2,1H3. The monoisotopic (exact) mass is 262 g/mol. The fraction of sp³-hybridized carbons (Fsp3) is 0.300. The molecule has 7 heteroatoms. The van der Waals surface area contributed by atoms with Gasteiger partial charge in [-0.15, -0.1) is 11.3 Å². The number of thiophene rings is 1. The van der Waals surface area contributed by atoms with Gasteiger partial charge in [-0.2, -0.15) is 13.2 Å². The first-order chi connectivity index (χ1) is 7.91. The van der Waals surface area contributed by atoms with Crippen molar-refractivity contribution in [1.29, 1.82) is 0 Å². The molecule has 0 spiro atoms. The Kier molecular flexibility index (Phi) is 2.96. The Morgan fingerprint density at radius 2 is 2.12 bits per heavy atom. The topological polar surface area (TPSA) is 38.0 Å². The molecule has 2 heterocycles. The summed E-state index contributed by atoms with van der Waals surface area (Å²) in [4.78, 5) is 4.86. The summed E-state index contributed by atoms with van der Waals surface area (Å²) in [5.41, 5.74) is -0.908. The van der Waals surface area contributed by atoms with Crippen LogP contribution in [0.2, 0.25) is 0 Å². The minimum Gasteiger partial charge on any atom is -0.391 e. The molecule has 17 heavy (non-hydrogen) atoms. The lowest BCUT2D eigenvalue weighted by atomic mass is 10.4. The maximum absolute atomic E-state index is 12.5. The molecule has 0 atom stereocenters. The zero-order chi connectivity index (χ0) is 12.6. The number of imidazole rings is 1. The van der Waals surface area contributed by atoms with E-state index < -0.39 is 11.9 Å². The second-order valence-corrected chi connectivity index (χ2v) is 4.65. The van der Waals surface area contributed by atoms with Crippen LogP contribution in [0.3, 0.4) is 0 Å². The van der Waals surface area contributed by atoms with E-state index in [-0.39, 0.29) is 12.4 Å². The van der Waals surface area contributed by atoms with Crippen LogP contribution in [0.25, 0.3) is 10.7 Å². The number of nitrogens with zero attached hydrogens (tertiary/aromatic N) is 2. The third kappa shape index (κ3) is 2.34. The van der Waals surface area contributed by atoms with Gasteiger partial charge in [0.15, 0.2) is 5.69 Å². The van der Waals surface area contributed by atoms with Crippen LogP contribution in [0.4, 0.5) is 13.2 Å². The lowest BCUT2D eigenvalue weighted by molar-refractivity contribution is -0.140. The summed E-state index contributed by atoms with van der Waals surface area (Å²) < 4.78 is 38.7. The fourth-order valence-electron chi connectivity index (χ4n) is 1.41. The second-order valence-electron chi connectivity index (χ2n) is 3.48. The van der Waals surface area contributed by atoms with Crippen LogP contribution >= 0.6 is 11.3 Å². The third-order valence-electron chi connectivity index (χ3n) is 2.20. The maximum atomic E-state index is 12.5. The first kappa shape index (κ1) is 12.1. The van der Waals surface area contributed by atoms with E-state index in [1.165, 1.54) is 23.0 Å². The summed E-state index contributed by atoms with van der Waals surface area (Å²) in [5.74, 6) is 0.252. The molecule has 0 fully saturated rings. The molecule has 0 unspecified atom stereocenters. The lowest BCUT2D eigenvalue weighted by Gasteiger charge is -1.99. The van der Waals surface area contributed by atoms with Gasteiger partial charge in [-0.1, -0.05) is 0 Å². The predicted octanol–water partition coefficient (Wildman–Crippen LogP) is 2.66. The Hall–Kier alpha value is -1.34. The quantitative estimate of drug-likeness (QED) is 0.903. The van der Waals surface area contributed by atoms with Gasteiger partial charge in [0, 0.05) is 18.1 Å². The highest BCUT2D eigenvalue weighted by Crippen LogP contribution is 2.32. The van der Waals surface area contributed by atoms with Crippen molar-refractivity contribution in [2.75, 3.05) is 0 Å². The van der Waals surface area contributed by atoms with E-state index in [1.54, 1.807) is 12.1 Å². The van der Waals surface area contributed by atoms with Crippen LogP contribution in [0.5, 0.6) is 0 Å². The summed E-state index contributed by atoms with van der Waals surface area (Å²) in [5, 5.41) is 8.90. The molecule has 0 bridgehead atoms. The predicted molar refractivity (Wildman–Crippen MR) is 57.4 cm³/mol. The highest BCUT2D eigenvalue weighted by Gasteiger charge is 2.34. The molecule has 0 saturated heterocycles. The van der Waals surface area contributed by atoms with Gasteiger partial charge in [-0.05, 0) is 12.1 Å². The molecule has 0 saturated carbocycles. The van der Waals surface area contributed by atoms with Crippen molar-refractivity contribution in [2.45, 2.75) is 12.8 Å². The molecule has 2 rings (SSSR count). The van der Waals surface area contributed by atoms with Crippen molar-refractivity contribution in [3.05, 3.63) is 28.9 Å². The van der Waals surface area contributed by atoms with E-state index in [2.05, 4.69) is 4.98 Å². The number of aliphatic hydroxyl groups is 1. The molecule has 92 valence electrons. The average Bonchev–Trinajstić information content (AvgIpc) is 2.82. The van der Waals surface area contributed by atoms with E-state index in [4.69, 9.17) is 5.11 Å². The first-order valence-corrected chi connectivity index (χ1v) is 5.54. The van der Waals surface area contributed by atoms with Crippen LogP contribution in [0, 0.1) is 0 Å². The van der Waals surface area contributed by atoms with Gasteiger partial charge in [-0.25, -0.2) is 4.98 Å². The van der Waals surface area contributed by atoms with Crippen molar-refractivity contribution in [2.24, 2.45) is 7.05 Å². The Morgan fingerprint density at radius 3 is 2.59 bits per heavy atom. The first-order valence-electron chi connectivity index (χ1n) is 4.72. The van der Waals surface area contributed by atoms with Crippen molar-refractivity contribution in [1.82, 2.24) is 9.55 Å². The largest absolute Gasteiger partial charge is 0.434 e. The zero-order valence-electron chi connectivity index (χ0n) is 8.82.